The minimum Gasteiger partial charge on any atom is -0.302 e. The van der Waals surface area contributed by atoms with Gasteiger partial charge < -0.3 is 4.90 Å². The Labute approximate surface area is 95.1 Å². The average Bonchev–Trinajstić information content (AvgIpc) is 2.76. The number of rotatable bonds is 3. The Kier molecular flexibility index (Phi) is 3.00. The van der Waals surface area contributed by atoms with Crippen LogP contribution in [0.25, 0.3) is 0 Å². The molecule has 6 nitrogen and oxygen atoms in total. The highest BCUT2D eigenvalue weighted by Gasteiger charge is 2.22. The summed E-state index contributed by atoms with van der Waals surface area (Å²) in [5, 5.41) is 8.89. The minimum absolute atomic E-state index is 0.0619. The fourth-order valence-electron chi connectivity index (χ4n) is 2.02. The van der Waals surface area contributed by atoms with Crippen LogP contribution in [0.2, 0.25) is 0 Å². The number of hydrogen-bond acceptors (Lipinski definition) is 4. The van der Waals surface area contributed by atoms with Gasteiger partial charge >= 0.3 is 0 Å². The van der Waals surface area contributed by atoms with Gasteiger partial charge in [0.2, 0.25) is 0 Å². The molecule has 1 fully saturated rings. The fourth-order valence-corrected chi connectivity index (χ4v) is 2.49. The maximum Gasteiger partial charge on any atom is 0.257 e. The molecule has 0 saturated carbocycles. The standard InChI is InChI=1S/C9H16N4O2S/c1-12-5-2-3-8(12)7-13-6-4-9(11-13)16(10,14)15/h4,6,8H,2-3,5,7H2,1H3,(H2,10,14,15)/t8-/m1/s1. The molecule has 1 aliphatic rings. The van der Waals surface area contributed by atoms with Crippen LogP contribution < -0.4 is 5.14 Å². The highest BCUT2D eigenvalue weighted by atomic mass is 32.2. The third kappa shape index (κ3) is 2.42. The molecule has 0 radical (unpaired) electrons. The van der Waals surface area contributed by atoms with Gasteiger partial charge in [-0.3, -0.25) is 4.68 Å². The first kappa shape index (κ1) is 11.6. The summed E-state index contributed by atoms with van der Waals surface area (Å²) in [6.45, 7) is 1.81. The van der Waals surface area contributed by atoms with Gasteiger partial charge in [0, 0.05) is 12.2 Å². The van der Waals surface area contributed by atoms with Gasteiger partial charge in [-0.25, -0.2) is 13.6 Å². The van der Waals surface area contributed by atoms with Gasteiger partial charge in [-0.1, -0.05) is 0 Å². The van der Waals surface area contributed by atoms with E-state index in [2.05, 4.69) is 17.0 Å². The minimum atomic E-state index is -3.67. The van der Waals surface area contributed by atoms with Gasteiger partial charge in [-0.05, 0) is 32.5 Å². The van der Waals surface area contributed by atoms with Crippen LogP contribution in [0.4, 0.5) is 0 Å². The molecule has 0 bridgehead atoms. The summed E-state index contributed by atoms with van der Waals surface area (Å²) in [7, 11) is -1.60. The van der Waals surface area contributed by atoms with Crippen molar-refractivity contribution in [3.05, 3.63) is 12.3 Å². The maximum absolute atomic E-state index is 11.0. The largest absolute Gasteiger partial charge is 0.302 e. The number of aromatic nitrogens is 2. The van der Waals surface area contributed by atoms with Crippen LogP contribution in [-0.2, 0) is 16.6 Å². The van der Waals surface area contributed by atoms with Crippen molar-refractivity contribution in [3.63, 3.8) is 0 Å². The lowest BCUT2D eigenvalue weighted by Gasteiger charge is -2.18. The number of likely N-dealkylation sites (N-methyl/N-ethyl adjacent to an activating group) is 1. The molecule has 90 valence electrons. The molecule has 1 saturated heterocycles. The van der Waals surface area contributed by atoms with Gasteiger partial charge in [0.25, 0.3) is 10.0 Å². The molecular weight excluding hydrogens is 228 g/mol. The van der Waals surface area contributed by atoms with Crippen LogP contribution in [0.1, 0.15) is 12.8 Å². The Balaban J connectivity index is 2.08. The Morgan fingerprint density at radius 2 is 2.38 bits per heavy atom. The number of nitrogens with zero attached hydrogens (tertiary/aromatic N) is 3. The molecule has 2 N–H and O–H groups in total. The second kappa shape index (κ2) is 4.15. The number of primary sulfonamides is 1. The summed E-state index contributed by atoms with van der Waals surface area (Å²) in [6, 6.07) is 1.87. The van der Waals surface area contributed by atoms with Gasteiger partial charge in [0.15, 0.2) is 5.03 Å². The molecule has 1 aromatic heterocycles. The fraction of sp³-hybridized carbons (Fsp3) is 0.667. The smallest absolute Gasteiger partial charge is 0.257 e. The van der Waals surface area contributed by atoms with Gasteiger partial charge in [-0.2, -0.15) is 5.10 Å². The first-order valence-electron chi connectivity index (χ1n) is 5.23. The second-order valence-corrected chi connectivity index (χ2v) is 5.71. The van der Waals surface area contributed by atoms with Gasteiger partial charge in [-0.15, -0.1) is 0 Å². The number of likely N-dealkylation sites (tertiary alicyclic amines) is 1. The predicted octanol–water partition coefficient (Wildman–Crippen LogP) is -0.375. The first-order chi connectivity index (χ1) is 7.47. The lowest BCUT2D eigenvalue weighted by molar-refractivity contribution is 0.273. The number of nitrogens with two attached hydrogens (primary N) is 1. The van der Waals surface area contributed by atoms with Crippen molar-refractivity contribution >= 4 is 10.0 Å². The SMILES string of the molecule is CN1CCC[C@@H]1Cn1ccc(S(N)(=O)=O)n1. The molecule has 0 amide bonds. The molecule has 0 aliphatic carbocycles. The van der Waals surface area contributed by atoms with Crippen LogP contribution in [0.5, 0.6) is 0 Å². The summed E-state index contributed by atoms with van der Waals surface area (Å²) in [6.07, 6.45) is 3.97. The number of sulfonamides is 1. The normalized spacial score (nSPS) is 22.8. The van der Waals surface area contributed by atoms with E-state index < -0.39 is 10.0 Å². The zero-order valence-corrected chi connectivity index (χ0v) is 10.0. The number of hydrogen-bond donors (Lipinski definition) is 1. The summed E-state index contributed by atoms with van der Waals surface area (Å²) in [4.78, 5) is 2.26. The maximum atomic E-state index is 11.0. The van der Waals surface area contributed by atoms with E-state index in [-0.39, 0.29) is 5.03 Å². The molecule has 1 aromatic rings. The zero-order chi connectivity index (χ0) is 11.8. The average molecular weight is 244 g/mol. The zero-order valence-electron chi connectivity index (χ0n) is 9.20. The third-order valence-electron chi connectivity index (χ3n) is 2.98. The van der Waals surface area contributed by atoms with E-state index in [1.54, 1.807) is 10.9 Å². The van der Waals surface area contributed by atoms with Crippen molar-refractivity contribution in [1.29, 1.82) is 0 Å². The molecule has 2 rings (SSSR count). The molecule has 7 heteroatoms. The molecule has 0 aromatic carbocycles. The van der Waals surface area contributed by atoms with E-state index >= 15 is 0 Å². The van der Waals surface area contributed by atoms with Crippen molar-refractivity contribution in [2.45, 2.75) is 30.5 Å². The van der Waals surface area contributed by atoms with Crippen LogP contribution in [-0.4, -0.2) is 42.7 Å². The van der Waals surface area contributed by atoms with E-state index in [4.69, 9.17) is 5.14 Å². The van der Waals surface area contributed by atoms with E-state index in [1.165, 1.54) is 12.5 Å². The molecule has 2 heterocycles. The van der Waals surface area contributed by atoms with Crippen LogP contribution in [0.3, 0.4) is 0 Å². The Morgan fingerprint density at radius 1 is 1.62 bits per heavy atom. The molecule has 1 aliphatic heterocycles. The van der Waals surface area contributed by atoms with E-state index in [9.17, 15) is 8.42 Å². The molecule has 0 unspecified atom stereocenters. The Hall–Kier alpha value is -0.920. The van der Waals surface area contributed by atoms with Crippen molar-refractivity contribution < 1.29 is 8.42 Å². The molecule has 16 heavy (non-hydrogen) atoms. The quantitative estimate of drug-likeness (QED) is 0.786. The highest BCUT2D eigenvalue weighted by Crippen LogP contribution is 2.16. The van der Waals surface area contributed by atoms with Crippen molar-refractivity contribution in [2.24, 2.45) is 5.14 Å². The van der Waals surface area contributed by atoms with Crippen molar-refractivity contribution in [3.8, 4) is 0 Å². The molecule has 1 atom stereocenters. The van der Waals surface area contributed by atoms with E-state index in [1.807, 2.05) is 0 Å². The highest BCUT2D eigenvalue weighted by molar-refractivity contribution is 7.89. The van der Waals surface area contributed by atoms with Crippen molar-refractivity contribution in [1.82, 2.24) is 14.7 Å². The van der Waals surface area contributed by atoms with Gasteiger partial charge in [0.1, 0.15) is 0 Å². The van der Waals surface area contributed by atoms with Crippen molar-refractivity contribution in [2.75, 3.05) is 13.6 Å². The van der Waals surface area contributed by atoms with Crippen LogP contribution in [0, 0.1) is 0 Å². The van der Waals surface area contributed by atoms with Crippen LogP contribution >= 0.6 is 0 Å². The van der Waals surface area contributed by atoms with Gasteiger partial charge in [0.05, 0.1) is 6.54 Å². The Morgan fingerprint density at radius 3 is 2.88 bits per heavy atom. The Bertz CT molecular complexity index is 468. The first-order valence-corrected chi connectivity index (χ1v) is 6.78. The molecule has 0 spiro atoms. The predicted molar refractivity (Wildman–Crippen MR) is 59.3 cm³/mol. The lowest BCUT2D eigenvalue weighted by Crippen LogP contribution is -2.29. The third-order valence-corrected chi connectivity index (χ3v) is 3.78. The topological polar surface area (TPSA) is 81.2 Å². The summed E-state index contributed by atoms with van der Waals surface area (Å²) >= 11 is 0. The second-order valence-electron chi connectivity index (χ2n) is 4.20. The summed E-state index contributed by atoms with van der Waals surface area (Å²) < 4.78 is 23.7. The lowest BCUT2D eigenvalue weighted by atomic mass is 10.2. The summed E-state index contributed by atoms with van der Waals surface area (Å²) in [5.74, 6) is 0. The molecular formula is C9H16N4O2S. The summed E-state index contributed by atoms with van der Waals surface area (Å²) in [5.41, 5.74) is 0. The van der Waals surface area contributed by atoms with E-state index in [0.717, 1.165) is 13.0 Å². The van der Waals surface area contributed by atoms with E-state index in [0.29, 0.717) is 12.6 Å². The van der Waals surface area contributed by atoms with Crippen LogP contribution in [0.15, 0.2) is 17.3 Å². The monoisotopic (exact) mass is 244 g/mol.